The van der Waals surface area contributed by atoms with Crippen LogP contribution in [0.4, 0.5) is 0 Å². The number of halogens is 2. The van der Waals surface area contributed by atoms with Gasteiger partial charge in [0, 0.05) is 19.8 Å². The van der Waals surface area contributed by atoms with E-state index in [1.54, 1.807) is 10.9 Å². The van der Waals surface area contributed by atoms with Crippen LogP contribution >= 0.6 is 24.8 Å². The largest absolute Gasteiger partial charge is 0.325 e. The van der Waals surface area contributed by atoms with Crippen molar-refractivity contribution in [2.75, 3.05) is 0 Å². The fraction of sp³-hybridized carbons (Fsp3) is 0.400. The van der Waals surface area contributed by atoms with E-state index in [-0.39, 0.29) is 24.8 Å². The second kappa shape index (κ2) is 5.53. The molecule has 60 valence electrons. The van der Waals surface area contributed by atoms with Crippen LogP contribution in [0.15, 0.2) is 12.3 Å². The van der Waals surface area contributed by atoms with Crippen LogP contribution in [0.2, 0.25) is 0 Å². The lowest BCUT2D eigenvalue weighted by molar-refractivity contribution is 0.712. The van der Waals surface area contributed by atoms with E-state index >= 15 is 0 Å². The van der Waals surface area contributed by atoms with Crippen molar-refractivity contribution < 1.29 is 0 Å². The number of hydrogen-bond acceptors (Lipinski definition) is 2. The highest BCUT2D eigenvalue weighted by Gasteiger charge is 1.90. The van der Waals surface area contributed by atoms with Crippen LogP contribution in [0.5, 0.6) is 0 Å². The summed E-state index contributed by atoms with van der Waals surface area (Å²) in [5, 5.41) is 3.92. The number of aryl methyl sites for hydroxylation is 1. The summed E-state index contributed by atoms with van der Waals surface area (Å²) in [6.45, 7) is 0.566. The first-order chi connectivity index (χ1) is 3.84. The highest BCUT2D eigenvalue weighted by atomic mass is 35.5. The summed E-state index contributed by atoms with van der Waals surface area (Å²) < 4.78 is 1.76. The van der Waals surface area contributed by atoms with Crippen molar-refractivity contribution >= 4 is 24.8 Å². The quantitative estimate of drug-likeness (QED) is 0.698. The van der Waals surface area contributed by atoms with Gasteiger partial charge in [-0.1, -0.05) is 0 Å². The molecular weight excluding hydrogens is 173 g/mol. The van der Waals surface area contributed by atoms with Gasteiger partial charge in [-0.15, -0.1) is 24.8 Å². The van der Waals surface area contributed by atoms with E-state index in [1.807, 2.05) is 13.1 Å². The first kappa shape index (κ1) is 12.4. The molecule has 3 nitrogen and oxygen atoms in total. The maximum absolute atomic E-state index is 5.33. The van der Waals surface area contributed by atoms with Gasteiger partial charge in [0.15, 0.2) is 0 Å². The normalized spacial score (nSPS) is 7.80. The molecule has 1 aromatic rings. The third-order valence-electron chi connectivity index (χ3n) is 1.13. The summed E-state index contributed by atoms with van der Waals surface area (Å²) in [4.78, 5) is 0. The molecule has 0 aliphatic rings. The number of aromatic nitrogens is 2. The number of nitrogens with two attached hydrogens (primary N) is 1. The van der Waals surface area contributed by atoms with Gasteiger partial charge in [-0.3, -0.25) is 4.68 Å². The molecule has 0 atom stereocenters. The molecule has 0 spiro atoms. The molecule has 0 bridgehead atoms. The minimum absolute atomic E-state index is 0. The van der Waals surface area contributed by atoms with Gasteiger partial charge in [0.05, 0.1) is 5.69 Å². The molecule has 0 aliphatic carbocycles. The van der Waals surface area contributed by atoms with Gasteiger partial charge >= 0.3 is 0 Å². The van der Waals surface area contributed by atoms with Crippen LogP contribution in [0.1, 0.15) is 5.69 Å². The average molecular weight is 184 g/mol. The van der Waals surface area contributed by atoms with Crippen LogP contribution < -0.4 is 5.73 Å². The highest BCUT2D eigenvalue weighted by molar-refractivity contribution is 5.85. The minimum atomic E-state index is 0. The third-order valence-corrected chi connectivity index (χ3v) is 1.13. The van der Waals surface area contributed by atoms with Crippen LogP contribution in [0, 0.1) is 0 Å². The zero-order valence-electron chi connectivity index (χ0n) is 5.65. The second-order valence-electron chi connectivity index (χ2n) is 1.65. The Morgan fingerprint density at radius 2 is 2.20 bits per heavy atom. The standard InChI is InChI=1S/C5H9N3.2ClH/c1-8-5(4-6)2-3-7-8;;/h2-3H,4,6H2,1H3;2*1H. The van der Waals surface area contributed by atoms with Gasteiger partial charge in [0.25, 0.3) is 0 Å². The van der Waals surface area contributed by atoms with Crippen LogP contribution in [0.25, 0.3) is 0 Å². The number of hydrogen-bond donors (Lipinski definition) is 1. The summed E-state index contributed by atoms with van der Waals surface area (Å²) in [5.74, 6) is 0. The molecular formula is C5H11Cl2N3. The SMILES string of the molecule is Cl.Cl.Cn1nccc1CN. The zero-order valence-corrected chi connectivity index (χ0v) is 7.28. The summed E-state index contributed by atoms with van der Waals surface area (Å²) in [5.41, 5.74) is 6.39. The maximum Gasteiger partial charge on any atom is 0.0516 e. The van der Waals surface area contributed by atoms with E-state index < -0.39 is 0 Å². The Hall–Kier alpha value is -0.250. The zero-order chi connectivity index (χ0) is 5.98. The predicted molar refractivity (Wildman–Crippen MR) is 45.6 cm³/mol. The van der Waals surface area contributed by atoms with Gasteiger partial charge in [-0.05, 0) is 6.07 Å². The van der Waals surface area contributed by atoms with E-state index in [2.05, 4.69) is 5.10 Å². The lowest BCUT2D eigenvalue weighted by Crippen LogP contribution is -2.03. The Bertz CT molecular complexity index is 175. The van der Waals surface area contributed by atoms with Crippen molar-refractivity contribution in [3.05, 3.63) is 18.0 Å². The molecule has 1 rings (SSSR count). The molecule has 10 heavy (non-hydrogen) atoms. The molecule has 2 N–H and O–H groups in total. The van der Waals surface area contributed by atoms with Crippen molar-refractivity contribution in [1.29, 1.82) is 0 Å². The van der Waals surface area contributed by atoms with Crippen molar-refractivity contribution in [3.8, 4) is 0 Å². The van der Waals surface area contributed by atoms with Gasteiger partial charge < -0.3 is 5.73 Å². The van der Waals surface area contributed by atoms with Gasteiger partial charge in [-0.25, -0.2) is 0 Å². The Kier molecular flexibility index (Phi) is 6.87. The van der Waals surface area contributed by atoms with Crippen molar-refractivity contribution in [3.63, 3.8) is 0 Å². The molecule has 0 aromatic carbocycles. The van der Waals surface area contributed by atoms with Crippen LogP contribution in [0.3, 0.4) is 0 Å². The van der Waals surface area contributed by atoms with Crippen LogP contribution in [-0.4, -0.2) is 9.78 Å². The smallest absolute Gasteiger partial charge is 0.0516 e. The highest BCUT2D eigenvalue weighted by Crippen LogP contribution is 1.91. The predicted octanol–water partition coefficient (Wildman–Crippen LogP) is 0.722. The molecule has 0 fully saturated rings. The van der Waals surface area contributed by atoms with E-state index in [1.165, 1.54) is 0 Å². The number of nitrogens with zero attached hydrogens (tertiary/aromatic N) is 2. The fourth-order valence-corrected chi connectivity index (χ4v) is 0.602. The number of rotatable bonds is 1. The monoisotopic (exact) mass is 183 g/mol. The summed E-state index contributed by atoms with van der Waals surface area (Å²) in [7, 11) is 1.88. The molecule has 0 unspecified atom stereocenters. The van der Waals surface area contributed by atoms with E-state index in [0.29, 0.717) is 6.54 Å². The van der Waals surface area contributed by atoms with Gasteiger partial charge in [0.1, 0.15) is 0 Å². The first-order valence-electron chi connectivity index (χ1n) is 2.51. The van der Waals surface area contributed by atoms with Crippen molar-refractivity contribution in [2.24, 2.45) is 12.8 Å². The van der Waals surface area contributed by atoms with Crippen molar-refractivity contribution in [2.45, 2.75) is 6.54 Å². The molecule has 0 radical (unpaired) electrons. The lowest BCUT2D eigenvalue weighted by atomic mass is 10.4. The Morgan fingerprint density at radius 1 is 1.60 bits per heavy atom. The summed E-state index contributed by atoms with van der Waals surface area (Å²) in [6.07, 6.45) is 1.74. The maximum atomic E-state index is 5.33. The molecule has 0 amide bonds. The minimum Gasteiger partial charge on any atom is -0.325 e. The lowest BCUT2D eigenvalue weighted by Gasteiger charge is -1.92. The van der Waals surface area contributed by atoms with Gasteiger partial charge in [-0.2, -0.15) is 5.10 Å². The molecule has 0 aliphatic heterocycles. The molecule has 1 aromatic heterocycles. The summed E-state index contributed by atoms with van der Waals surface area (Å²) in [6, 6.07) is 1.90. The topological polar surface area (TPSA) is 43.8 Å². The average Bonchev–Trinajstić information content (AvgIpc) is 2.14. The first-order valence-corrected chi connectivity index (χ1v) is 2.51. The Morgan fingerprint density at radius 3 is 2.40 bits per heavy atom. The molecule has 1 heterocycles. The Labute approximate surface area is 72.4 Å². The fourth-order valence-electron chi connectivity index (χ4n) is 0.602. The van der Waals surface area contributed by atoms with E-state index in [9.17, 15) is 0 Å². The Balaban J connectivity index is 0. The molecule has 0 saturated carbocycles. The molecule has 0 saturated heterocycles. The van der Waals surface area contributed by atoms with Gasteiger partial charge in [0.2, 0.25) is 0 Å². The second-order valence-corrected chi connectivity index (χ2v) is 1.65. The van der Waals surface area contributed by atoms with E-state index in [0.717, 1.165) is 5.69 Å². The van der Waals surface area contributed by atoms with Crippen LogP contribution in [-0.2, 0) is 13.6 Å². The molecule has 5 heteroatoms. The third kappa shape index (κ3) is 2.56. The van der Waals surface area contributed by atoms with E-state index in [4.69, 9.17) is 5.73 Å². The van der Waals surface area contributed by atoms with Crippen molar-refractivity contribution in [1.82, 2.24) is 9.78 Å². The summed E-state index contributed by atoms with van der Waals surface area (Å²) >= 11 is 0.